The molecule has 1 heterocycles. The van der Waals surface area contributed by atoms with Gasteiger partial charge in [0.1, 0.15) is 10.8 Å². The lowest BCUT2D eigenvalue weighted by Gasteiger charge is -2.25. The third-order valence-corrected chi connectivity index (χ3v) is 5.35. The van der Waals surface area contributed by atoms with Crippen LogP contribution in [0.2, 0.25) is 0 Å². The fourth-order valence-electron chi connectivity index (χ4n) is 2.92. The molecule has 0 amide bonds. The van der Waals surface area contributed by atoms with Crippen molar-refractivity contribution in [3.63, 3.8) is 0 Å². The first-order valence-corrected chi connectivity index (χ1v) is 8.61. The molecule has 1 aromatic heterocycles. The van der Waals surface area contributed by atoms with Gasteiger partial charge in [-0.2, -0.15) is 0 Å². The number of nitrogens with one attached hydrogen (secondary N) is 1. The first kappa shape index (κ1) is 15.6. The number of benzene rings is 1. The predicted octanol–water partition coefficient (Wildman–Crippen LogP) is 3.69. The zero-order chi connectivity index (χ0) is 15.5. The molecule has 2 N–H and O–H groups in total. The van der Waals surface area contributed by atoms with E-state index >= 15 is 0 Å². The maximum atomic E-state index is 13.1. The molecule has 1 aromatic carbocycles. The fourth-order valence-corrected chi connectivity index (χ4v) is 4.13. The Bertz CT molecular complexity index is 626. The molecule has 5 heteroatoms. The van der Waals surface area contributed by atoms with Gasteiger partial charge in [-0.25, -0.2) is 9.37 Å². The van der Waals surface area contributed by atoms with Crippen LogP contribution in [0.15, 0.2) is 24.3 Å². The van der Waals surface area contributed by atoms with Crippen LogP contribution in [0, 0.1) is 5.82 Å². The molecule has 0 bridgehead atoms. The summed E-state index contributed by atoms with van der Waals surface area (Å²) < 4.78 is 13.1. The largest absolute Gasteiger partial charge is 0.396 e. The minimum Gasteiger partial charge on any atom is -0.396 e. The molecule has 22 heavy (non-hydrogen) atoms. The molecule has 0 spiro atoms. The summed E-state index contributed by atoms with van der Waals surface area (Å²) in [5.41, 5.74) is 2.15. The topological polar surface area (TPSA) is 45.1 Å². The molecule has 1 unspecified atom stereocenters. The molecular formula is C17H21FN2OS. The predicted molar refractivity (Wildman–Crippen MR) is 87.5 cm³/mol. The Hall–Kier alpha value is -1.30. The van der Waals surface area contributed by atoms with Gasteiger partial charge < -0.3 is 10.4 Å². The van der Waals surface area contributed by atoms with E-state index in [1.165, 1.54) is 22.7 Å². The van der Waals surface area contributed by atoms with E-state index in [0.29, 0.717) is 6.04 Å². The number of hydrogen-bond acceptors (Lipinski definition) is 4. The van der Waals surface area contributed by atoms with E-state index in [4.69, 9.17) is 10.1 Å². The van der Waals surface area contributed by atoms with Crippen LogP contribution < -0.4 is 5.32 Å². The number of aromatic nitrogens is 1. The van der Waals surface area contributed by atoms with Gasteiger partial charge in [0.25, 0.3) is 0 Å². The van der Waals surface area contributed by atoms with Gasteiger partial charge in [0, 0.05) is 29.1 Å². The highest BCUT2D eigenvalue weighted by molar-refractivity contribution is 7.15. The summed E-state index contributed by atoms with van der Waals surface area (Å²) in [6, 6.07) is 7.14. The van der Waals surface area contributed by atoms with Gasteiger partial charge in [0.15, 0.2) is 0 Å². The monoisotopic (exact) mass is 320 g/mol. The van der Waals surface area contributed by atoms with Crippen molar-refractivity contribution in [2.75, 3.05) is 6.61 Å². The molecule has 3 nitrogen and oxygen atoms in total. The van der Waals surface area contributed by atoms with E-state index < -0.39 is 0 Å². The first-order chi connectivity index (χ1) is 10.7. The van der Waals surface area contributed by atoms with Crippen LogP contribution in [0.4, 0.5) is 4.39 Å². The van der Waals surface area contributed by atoms with E-state index in [0.717, 1.165) is 36.3 Å². The minimum atomic E-state index is -0.220. The van der Waals surface area contributed by atoms with Crippen molar-refractivity contribution >= 4 is 11.3 Å². The average molecular weight is 320 g/mol. The van der Waals surface area contributed by atoms with Gasteiger partial charge in [-0.3, -0.25) is 0 Å². The Morgan fingerprint density at radius 3 is 2.91 bits per heavy atom. The fraction of sp³-hybridized carbons (Fsp3) is 0.471. The molecule has 2 atom stereocenters. The number of aliphatic hydroxyl groups is 1. The van der Waals surface area contributed by atoms with Crippen molar-refractivity contribution in [1.29, 1.82) is 0 Å². The number of aliphatic hydroxyl groups excluding tert-OH is 1. The summed E-state index contributed by atoms with van der Waals surface area (Å²) in [6.45, 7) is 2.31. The summed E-state index contributed by atoms with van der Waals surface area (Å²) in [5.74, 6) is -0.220. The van der Waals surface area contributed by atoms with Crippen molar-refractivity contribution in [1.82, 2.24) is 10.3 Å². The number of halogens is 1. The van der Waals surface area contributed by atoms with E-state index in [1.54, 1.807) is 23.5 Å². The summed E-state index contributed by atoms with van der Waals surface area (Å²) in [6.07, 6.45) is 4.01. The van der Waals surface area contributed by atoms with E-state index in [2.05, 4.69) is 12.2 Å². The van der Waals surface area contributed by atoms with Crippen LogP contribution >= 0.6 is 11.3 Å². The maximum absolute atomic E-state index is 13.1. The Morgan fingerprint density at radius 2 is 2.18 bits per heavy atom. The second kappa shape index (κ2) is 6.86. The zero-order valence-corrected chi connectivity index (χ0v) is 13.5. The zero-order valence-electron chi connectivity index (χ0n) is 12.7. The van der Waals surface area contributed by atoms with Gasteiger partial charge in [0.05, 0.1) is 5.69 Å². The van der Waals surface area contributed by atoms with Gasteiger partial charge in [0.2, 0.25) is 0 Å². The first-order valence-electron chi connectivity index (χ1n) is 7.80. The van der Waals surface area contributed by atoms with Crippen molar-refractivity contribution in [2.45, 2.75) is 44.7 Å². The molecule has 2 aromatic rings. The lowest BCUT2D eigenvalue weighted by molar-refractivity contribution is 0.260. The number of nitrogens with zero attached hydrogens (tertiary/aromatic N) is 1. The Morgan fingerprint density at radius 1 is 1.41 bits per heavy atom. The highest BCUT2D eigenvalue weighted by atomic mass is 32.1. The highest BCUT2D eigenvalue weighted by Gasteiger charge is 2.25. The standard InChI is InChI=1S/C17H21FN2OS/c1-11(9-10-21)19-14-3-2-4-15-16(14)22-17(20-15)12-5-7-13(18)8-6-12/h5-8,11,14,19,21H,2-4,9-10H2,1H3/t11-,14?/m1/s1. The molecule has 0 radical (unpaired) electrons. The summed E-state index contributed by atoms with van der Waals surface area (Å²) in [4.78, 5) is 6.06. The van der Waals surface area contributed by atoms with Crippen molar-refractivity contribution in [2.24, 2.45) is 0 Å². The number of rotatable bonds is 5. The third kappa shape index (κ3) is 3.37. The maximum Gasteiger partial charge on any atom is 0.123 e. The van der Waals surface area contributed by atoms with Gasteiger partial charge in [-0.1, -0.05) is 0 Å². The van der Waals surface area contributed by atoms with Crippen LogP contribution in [0.25, 0.3) is 10.6 Å². The lowest BCUT2D eigenvalue weighted by Crippen LogP contribution is -2.32. The van der Waals surface area contributed by atoms with Crippen LogP contribution in [0.3, 0.4) is 0 Å². The lowest BCUT2D eigenvalue weighted by atomic mass is 9.97. The van der Waals surface area contributed by atoms with Crippen molar-refractivity contribution in [3.05, 3.63) is 40.7 Å². The average Bonchev–Trinajstić information content (AvgIpc) is 2.93. The number of fused-ring (bicyclic) bond motifs is 1. The van der Waals surface area contributed by atoms with Crippen LogP contribution in [-0.4, -0.2) is 22.7 Å². The quantitative estimate of drug-likeness (QED) is 0.883. The number of hydrogen-bond donors (Lipinski definition) is 2. The molecule has 0 fully saturated rings. The molecule has 0 aliphatic heterocycles. The van der Waals surface area contributed by atoms with E-state index in [-0.39, 0.29) is 18.5 Å². The molecule has 0 saturated heterocycles. The summed E-state index contributed by atoms with van der Waals surface area (Å²) in [5, 5.41) is 13.6. The minimum absolute atomic E-state index is 0.206. The smallest absolute Gasteiger partial charge is 0.123 e. The van der Waals surface area contributed by atoms with Crippen LogP contribution in [0.1, 0.15) is 42.8 Å². The van der Waals surface area contributed by atoms with Gasteiger partial charge >= 0.3 is 0 Å². The Kier molecular flexibility index (Phi) is 4.86. The number of thiazole rings is 1. The SMILES string of the molecule is C[C@H](CCO)NC1CCCc2nc(-c3ccc(F)cc3)sc21. The second-order valence-electron chi connectivity index (χ2n) is 5.86. The van der Waals surface area contributed by atoms with Crippen LogP contribution in [0.5, 0.6) is 0 Å². The third-order valence-electron chi connectivity index (χ3n) is 4.09. The van der Waals surface area contributed by atoms with Gasteiger partial charge in [-0.15, -0.1) is 11.3 Å². The summed E-state index contributed by atoms with van der Waals surface area (Å²) in [7, 11) is 0. The van der Waals surface area contributed by atoms with E-state index in [9.17, 15) is 4.39 Å². The van der Waals surface area contributed by atoms with Crippen molar-refractivity contribution in [3.8, 4) is 10.6 Å². The van der Waals surface area contributed by atoms with Crippen molar-refractivity contribution < 1.29 is 9.50 Å². The van der Waals surface area contributed by atoms with Crippen LogP contribution in [-0.2, 0) is 6.42 Å². The molecule has 118 valence electrons. The molecule has 3 rings (SSSR count). The molecular weight excluding hydrogens is 299 g/mol. The Balaban J connectivity index is 1.83. The number of aryl methyl sites for hydroxylation is 1. The molecule has 0 saturated carbocycles. The molecule has 1 aliphatic rings. The highest BCUT2D eigenvalue weighted by Crippen LogP contribution is 2.38. The van der Waals surface area contributed by atoms with E-state index in [1.807, 2.05) is 0 Å². The second-order valence-corrected chi connectivity index (χ2v) is 6.89. The van der Waals surface area contributed by atoms with Gasteiger partial charge in [-0.05, 0) is 56.9 Å². The summed E-state index contributed by atoms with van der Waals surface area (Å²) >= 11 is 1.70. The normalized spacial score (nSPS) is 19.0. The Labute approximate surface area is 134 Å². The molecule has 1 aliphatic carbocycles.